The van der Waals surface area contributed by atoms with Crippen LogP contribution in [-0.2, 0) is 0 Å². The lowest BCUT2D eigenvalue weighted by atomic mass is 9.89. The molecule has 0 saturated carbocycles. The van der Waals surface area contributed by atoms with Crippen molar-refractivity contribution < 1.29 is 0 Å². The maximum absolute atomic E-state index is 5.29. The first-order chi connectivity index (χ1) is 67.4. The molecule has 6 heterocycles. The second kappa shape index (κ2) is 34.3. The van der Waals surface area contributed by atoms with Crippen molar-refractivity contribution in [1.82, 2.24) is 29.9 Å². The van der Waals surface area contributed by atoms with Gasteiger partial charge < -0.3 is 0 Å². The third-order valence-electron chi connectivity index (χ3n) is 26.9. The van der Waals surface area contributed by atoms with Crippen LogP contribution in [0.25, 0.3) is 265 Å². The van der Waals surface area contributed by atoms with Crippen LogP contribution in [-0.4, -0.2) is 29.9 Å². The summed E-state index contributed by atoms with van der Waals surface area (Å²) in [6.45, 7) is 0. The molecule has 6 heteroatoms. The summed E-state index contributed by atoms with van der Waals surface area (Å²) in [6.07, 6.45) is 0. The van der Waals surface area contributed by atoms with E-state index >= 15 is 0 Å². The average molecular weight is 1730 g/mol. The molecule has 0 amide bonds. The van der Waals surface area contributed by atoms with Crippen molar-refractivity contribution in [3.05, 3.63) is 497 Å². The van der Waals surface area contributed by atoms with Gasteiger partial charge in [-0.25, -0.2) is 29.9 Å². The standard InChI is InChI=1S/C48H32N2.C42H26N2.C40H24N2/c1-4-10-33(11-5-1)35-16-18-36(19-17-35)43-30-42(34-12-6-2-7-13-34)31-44(32-43)37-20-22-39(23-21-37)46-29-27-41-25-24-40-26-28-45(38-14-8-3-9-15-38)49-47(40)48(41)50-46;1-2-10-27(11-3-1)39-24-20-28-18-19-29-21-25-40(44-42(29)41(28)43-39)37-23-22-36(33-15-7-8-16-34(33)37)38-26-30-12-4-5-13-31(30)32-14-6-9-17-35(32)38;1-2-7-26(8-3-1)36-23-19-28-17-18-29-20-24-37(42-40(29)39(28)41-36)27-15-13-25(14-16-27)30-21-22-35-32-10-5-4-9-31(32)34-12-6-11-33(30)38(34)35/h1-32H;1-26H;1-24H. The summed E-state index contributed by atoms with van der Waals surface area (Å²) in [5.41, 5.74) is 37.6. The molecular formula is C130H82N6. The largest absolute Gasteiger partial charge is 0.245 e. The van der Waals surface area contributed by atoms with Gasteiger partial charge in [0.25, 0.3) is 0 Å². The van der Waals surface area contributed by atoms with Crippen LogP contribution in [0.2, 0.25) is 0 Å². The molecule has 632 valence electrons. The van der Waals surface area contributed by atoms with E-state index in [4.69, 9.17) is 29.9 Å². The van der Waals surface area contributed by atoms with E-state index in [0.717, 1.165) is 139 Å². The fraction of sp³-hybridized carbons (Fsp3) is 0. The lowest BCUT2D eigenvalue weighted by Gasteiger charge is -2.15. The molecule has 0 aliphatic heterocycles. The van der Waals surface area contributed by atoms with Gasteiger partial charge >= 0.3 is 0 Å². The molecule has 1 aliphatic carbocycles. The van der Waals surface area contributed by atoms with E-state index in [1.807, 2.05) is 42.5 Å². The average Bonchev–Trinajstić information content (AvgIpc) is 1.59. The summed E-state index contributed by atoms with van der Waals surface area (Å²) in [6, 6.07) is 177. The van der Waals surface area contributed by atoms with Crippen molar-refractivity contribution in [2.24, 2.45) is 0 Å². The smallest absolute Gasteiger partial charge is 0.0972 e. The minimum absolute atomic E-state index is 0.917. The van der Waals surface area contributed by atoms with Crippen molar-refractivity contribution in [3.63, 3.8) is 0 Å². The van der Waals surface area contributed by atoms with Crippen molar-refractivity contribution in [1.29, 1.82) is 0 Å². The first-order valence-electron chi connectivity index (χ1n) is 46.3. The lowest BCUT2D eigenvalue weighted by Crippen LogP contribution is -1.92. The van der Waals surface area contributed by atoms with Gasteiger partial charge in [0, 0.05) is 65.7 Å². The molecule has 0 spiro atoms. The van der Waals surface area contributed by atoms with Gasteiger partial charge in [-0.1, -0.05) is 437 Å². The third-order valence-corrected chi connectivity index (χ3v) is 26.9. The topological polar surface area (TPSA) is 77.3 Å². The Bertz CT molecular complexity index is 9140. The zero-order valence-corrected chi connectivity index (χ0v) is 74.0. The first-order valence-corrected chi connectivity index (χ1v) is 46.3. The Kier molecular flexibility index (Phi) is 20.2. The number of aromatic nitrogens is 6. The van der Waals surface area contributed by atoms with Gasteiger partial charge in [-0.3, -0.25) is 0 Å². The van der Waals surface area contributed by atoms with Crippen LogP contribution in [0.5, 0.6) is 0 Å². The van der Waals surface area contributed by atoms with Gasteiger partial charge in [-0.2, -0.15) is 0 Å². The fourth-order valence-corrected chi connectivity index (χ4v) is 20.1. The first kappa shape index (κ1) is 80.0. The van der Waals surface area contributed by atoms with Crippen molar-refractivity contribution >= 4 is 109 Å². The molecule has 6 nitrogen and oxygen atoms in total. The van der Waals surface area contributed by atoms with Crippen LogP contribution in [0, 0.1) is 0 Å². The highest BCUT2D eigenvalue weighted by Gasteiger charge is 2.24. The highest BCUT2D eigenvalue weighted by molar-refractivity contribution is 6.20. The minimum atomic E-state index is 0.917. The second-order valence-corrected chi connectivity index (χ2v) is 35.0. The van der Waals surface area contributed by atoms with E-state index in [1.54, 1.807) is 0 Å². The van der Waals surface area contributed by atoms with Crippen LogP contribution in [0.4, 0.5) is 0 Å². The van der Waals surface area contributed by atoms with Gasteiger partial charge in [0.05, 0.1) is 67.3 Å². The van der Waals surface area contributed by atoms with E-state index in [9.17, 15) is 0 Å². The summed E-state index contributed by atoms with van der Waals surface area (Å²) in [4.78, 5) is 30.9. The molecule has 0 atom stereocenters. The van der Waals surface area contributed by atoms with E-state index < -0.39 is 0 Å². The number of nitrogens with zero attached hydrogens (tertiary/aromatic N) is 6. The van der Waals surface area contributed by atoms with Gasteiger partial charge in [-0.15, -0.1) is 0 Å². The fourth-order valence-electron chi connectivity index (χ4n) is 20.1. The number of hydrogen-bond acceptors (Lipinski definition) is 6. The molecule has 0 unspecified atom stereocenters. The molecule has 0 fully saturated rings. The maximum Gasteiger partial charge on any atom is 0.0972 e. The number of pyridine rings is 6. The van der Waals surface area contributed by atoms with Crippen LogP contribution in [0.3, 0.4) is 0 Å². The molecule has 20 aromatic carbocycles. The summed E-state index contributed by atoms with van der Waals surface area (Å²) >= 11 is 0. The van der Waals surface area contributed by atoms with E-state index in [2.05, 4.69) is 455 Å². The Morgan fingerprint density at radius 3 is 0.772 bits per heavy atom. The molecule has 26 aromatic rings. The Balaban J connectivity index is 0.000000109. The Hall–Kier alpha value is -18.1. The normalized spacial score (nSPS) is 11.5. The SMILES string of the molecule is c1ccc(-c2ccc(-c3cc(-c4ccccc4)cc(-c4ccc(-c5ccc6ccc7ccc(-c8ccccc8)nc7c6n5)cc4)c3)cc2)cc1.c1ccc(-c2ccc3ccc4ccc(-c5ccc(-c6cc7ccccc7c7ccccc67)c6ccccc56)nc4c3n2)cc1.c1ccc(-c2ccc3ccc4ccc(-c5ccc(-c6ccc7c8c(cccc68)-c6ccccc6-7)cc5)nc4c3n2)cc1. The molecule has 0 N–H and O–H groups in total. The highest BCUT2D eigenvalue weighted by Crippen LogP contribution is 2.50. The van der Waals surface area contributed by atoms with Crippen molar-refractivity contribution in [2.45, 2.75) is 0 Å². The lowest BCUT2D eigenvalue weighted by molar-refractivity contribution is 1.36. The second-order valence-electron chi connectivity index (χ2n) is 35.0. The maximum atomic E-state index is 5.29. The molecule has 1 aliphatic rings. The van der Waals surface area contributed by atoms with E-state index in [0.29, 0.717) is 0 Å². The molecule has 0 bridgehead atoms. The van der Waals surface area contributed by atoms with Crippen molar-refractivity contribution in [2.75, 3.05) is 0 Å². The molecular weight excluding hydrogens is 1650 g/mol. The number of fused-ring (bicyclic) bond motifs is 16. The summed E-state index contributed by atoms with van der Waals surface area (Å²) in [7, 11) is 0. The predicted octanol–water partition coefficient (Wildman–Crippen LogP) is 34.6. The number of benzene rings is 20. The molecule has 0 saturated heterocycles. The molecule has 136 heavy (non-hydrogen) atoms. The summed E-state index contributed by atoms with van der Waals surface area (Å²) in [5.74, 6) is 0. The monoisotopic (exact) mass is 1730 g/mol. The van der Waals surface area contributed by atoms with Crippen LogP contribution >= 0.6 is 0 Å². The van der Waals surface area contributed by atoms with Gasteiger partial charge in [-0.05, 0) is 193 Å². The van der Waals surface area contributed by atoms with Crippen LogP contribution < -0.4 is 0 Å². The molecule has 27 rings (SSSR count). The Morgan fingerprint density at radius 1 is 0.103 bits per heavy atom. The summed E-state index contributed by atoms with van der Waals surface area (Å²) < 4.78 is 0. The highest BCUT2D eigenvalue weighted by atomic mass is 14.8. The molecule has 6 aromatic heterocycles. The van der Waals surface area contributed by atoms with Gasteiger partial charge in [0.1, 0.15) is 0 Å². The minimum Gasteiger partial charge on any atom is -0.245 e. The zero-order valence-electron chi connectivity index (χ0n) is 74.0. The Labute approximate surface area is 786 Å². The van der Waals surface area contributed by atoms with Gasteiger partial charge in [0.15, 0.2) is 0 Å². The quantitative estimate of drug-likeness (QED) is 0.113. The summed E-state index contributed by atoms with van der Waals surface area (Å²) in [5, 5.41) is 16.7. The predicted molar refractivity (Wildman–Crippen MR) is 571 cm³/mol. The number of hydrogen-bond donors (Lipinski definition) is 0. The van der Waals surface area contributed by atoms with E-state index in [-0.39, 0.29) is 0 Å². The van der Waals surface area contributed by atoms with E-state index in [1.165, 1.54) is 127 Å². The molecule has 0 radical (unpaired) electrons. The third kappa shape index (κ3) is 14.9. The van der Waals surface area contributed by atoms with Crippen molar-refractivity contribution in [3.8, 4) is 157 Å². The van der Waals surface area contributed by atoms with Gasteiger partial charge in [0.2, 0.25) is 0 Å². The zero-order chi connectivity index (χ0) is 89.9. The Morgan fingerprint density at radius 2 is 0.353 bits per heavy atom. The van der Waals surface area contributed by atoms with Crippen LogP contribution in [0.1, 0.15) is 0 Å². The number of rotatable bonds is 12. The van der Waals surface area contributed by atoms with Crippen LogP contribution in [0.15, 0.2) is 497 Å².